The summed E-state index contributed by atoms with van der Waals surface area (Å²) in [7, 11) is 0. The van der Waals surface area contributed by atoms with E-state index in [9.17, 15) is 0 Å². The summed E-state index contributed by atoms with van der Waals surface area (Å²) in [5, 5.41) is 0. The molecule has 1 atom stereocenters. The van der Waals surface area contributed by atoms with Gasteiger partial charge in [-0.1, -0.05) is 51.1 Å². The first-order chi connectivity index (χ1) is 9.53. The fourth-order valence-corrected chi connectivity index (χ4v) is 3.00. The van der Waals surface area contributed by atoms with Crippen LogP contribution in [0.3, 0.4) is 0 Å². The van der Waals surface area contributed by atoms with Crippen molar-refractivity contribution >= 4 is 0 Å². The maximum absolute atomic E-state index is 6.54. The van der Waals surface area contributed by atoms with Crippen LogP contribution >= 0.6 is 0 Å². The van der Waals surface area contributed by atoms with E-state index in [-0.39, 0.29) is 11.5 Å². The predicted octanol–water partition coefficient (Wildman–Crippen LogP) is 3.83. The zero-order chi connectivity index (χ0) is 14.6. The van der Waals surface area contributed by atoms with Gasteiger partial charge in [0.15, 0.2) is 0 Å². The fourth-order valence-electron chi connectivity index (χ4n) is 3.00. The van der Waals surface area contributed by atoms with Crippen molar-refractivity contribution in [3.63, 3.8) is 0 Å². The van der Waals surface area contributed by atoms with Crippen LogP contribution in [0.15, 0.2) is 30.3 Å². The summed E-state index contributed by atoms with van der Waals surface area (Å²) in [6, 6.07) is 10.6. The van der Waals surface area contributed by atoms with Gasteiger partial charge in [0.25, 0.3) is 0 Å². The fraction of sp³-hybridized carbons (Fsp3) is 0.667. The Balaban J connectivity index is 1.99. The molecule has 2 rings (SSSR count). The maximum atomic E-state index is 6.54. The van der Waals surface area contributed by atoms with E-state index in [0.717, 1.165) is 12.5 Å². The van der Waals surface area contributed by atoms with Crippen LogP contribution in [0.2, 0.25) is 0 Å². The molecule has 1 aliphatic rings. The summed E-state index contributed by atoms with van der Waals surface area (Å²) in [5.41, 5.74) is 7.89. The molecule has 1 aromatic rings. The van der Waals surface area contributed by atoms with E-state index in [4.69, 9.17) is 5.73 Å². The summed E-state index contributed by atoms with van der Waals surface area (Å²) in [4.78, 5) is 2.63. The Hall–Kier alpha value is -0.860. The quantitative estimate of drug-likeness (QED) is 0.780. The first-order valence-electron chi connectivity index (χ1n) is 8.06. The zero-order valence-corrected chi connectivity index (χ0v) is 13.3. The Morgan fingerprint density at radius 1 is 1.25 bits per heavy atom. The van der Waals surface area contributed by atoms with Crippen molar-refractivity contribution in [2.75, 3.05) is 19.6 Å². The van der Waals surface area contributed by atoms with Gasteiger partial charge in [-0.25, -0.2) is 0 Å². The first kappa shape index (κ1) is 15.5. The van der Waals surface area contributed by atoms with Gasteiger partial charge in [-0.2, -0.15) is 0 Å². The minimum Gasteiger partial charge on any atom is -0.323 e. The van der Waals surface area contributed by atoms with Gasteiger partial charge >= 0.3 is 0 Å². The molecule has 0 bridgehead atoms. The molecule has 112 valence electrons. The SMILES string of the molecule is CCCN(CC1CC1)CC(C)(C)C(N)c1ccccc1. The Kier molecular flexibility index (Phi) is 5.22. The molecule has 0 saturated heterocycles. The van der Waals surface area contributed by atoms with Crippen molar-refractivity contribution in [2.45, 2.75) is 46.1 Å². The van der Waals surface area contributed by atoms with Crippen LogP contribution in [0.1, 0.15) is 51.6 Å². The third kappa shape index (κ3) is 4.32. The lowest BCUT2D eigenvalue weighted by Gasteiger charge is -2.37. The molecular formula is C18H30N2. The zero-order valence-electron chi connectivity index (χ0n) is 13.3. The van der Waals surface area contributed by atoms with Crippen molar-refractivity contribution in [2.24, 2.45) is 17.1 Å². The Morgan fingerprint density at radius 3 is 2.45 bits per heavy atom. The smallest absolute Gasteiger partial charge is 0.0359 e. The number of benzene rings is 1. The van der Waals surface area contributed by atoms with E-state index >= 15 is 0 Å². The van der Waals surface area contributed by atoms with Gasteiger partial charge in [0.1, 0.15) is 0 Å². The number of hydrogen-bond donors (Lipinski definition) is 1. The predicted molar refractivity (Wildman–Crippen MR) is 86.6 cm³/mol. The first-order valence-corrected chi connectivity index (χ1v) is 8.06. The van der Waals surface area contributed by atoms with E-state index in [1.807, 2.05) is 0 Å². The summed E-state index contributed by atoms with van der Waals surface area (Å²) < 4.78 is 0. The number of nitrogens with two attached hydrogens (primary N) is 1. The summed E-state index contributed by atoms with van der Waals surface area (Å²) in [5.74, 6) is 0.949. The van der Waals surface area contributed by atoms with E-state index in [0.29, 0.717) is 0 Å². The van der Waals surface area contributed by atoms with Crippen molar-refractivity contribution in [3.05, 3.63) is 35.9 Å². The molecule has 1 aromatic carbocycles. The van der Waals surface area contributed by atoms with Gasteiger partial charge in [0, 0.05) is 19.1 Å². The third-order valence-electron chi connectivity index (χ3n) is 4.38. The molecular weight excluding hydrogens is 244 g/mol. The molecule has 2 N–H and O–H groups in total. The molecule has 0 aliphatic heterocycles. The van der Waals surface area contributed by atoms with Crippen LogP contribution in [-0.4, -0.2) is 24.5 Å². The highest BCUT2D eigenvalue weighted by molar-refractivity contribution is 5.20. The van der Waals surface area contributed by atoms with Crippen LogP contribution in [0.5, 0.6) is 0 Å². The molecule has 0 spiro atoms. The summed E-state index contributed by atoms with van der Waals surface area (Å²) in [6.07, 6.45) is 4.07. The van der Waals surface area contributed by atoms with Crippen LogP contribution in [0.25, 0.3) is 0 Å². The second kappa shape index (κ2) is 6.73. The average molecular weight is 274 g/mol. The van der Waals surface area contributed by atoms with Gasteiger partial charge in [0.05, 0.1) is 0 Å². The molecule has 0 radical (unpaired) electrons. The molecule has 0 aromatic heterocycles. The molecule has 0 heterocycles. The highest BCUT2D eigenvalue weighted by atomic mass is 15.1. The second-order valence-corrected chi connectivity index (χ2v) is 7.06. The normalized spacial score (nSPS) is 17.4. The van der Waals surface area contributed by atoms with Crippen LogP contribution in [0, 0.1) is 11.3 Å². The molecule has 2 nitrogen and oxygen atoms in total. The molecule has 1 saturated carbocycles. The van der Waals surface area contributed by atoms with Crippen molar-refractivity contribution in [1.29, 1.82) is 0 Å². The lowest BCUT2D eigenvalue weighted by molar-refractivity contribution is 0.147. The topological polar surface area (TPSA) is 29.3 Å². The standard InChI is InChI=1S/C18H30N2/c1-4-12-20(13-15-10-11-15)14-18(2,3)17(19)16-8-6-5-7-9-16/h5-9,15,17H,4,10-14,19H2,1-3H3. The van der Waals surface area contributed by atoms with E-state index in [1.165, 1.54) is 37.9 Å². The molecule has 1 unspecified atom stereocenters. The highest BCUT2D eigenvalue weighted by Crippen LogP contribution is 2.35. The Morgan fingerprint density at radius 2 is 1.90 bits per heavy atom. The van der Waals surface area contributed by atoms with E-state index in [2.05, 4.69) is 56.0 Å². The van der Waals surface area contributed by atoms with Crippen molar-refractivity contribution in [1.82, 2.24) is 4.90 Å². The summed E-state index contributed by atoms with van der Waals surface area (Å²) in [6.45, 7) is 10.4. The van der Waals surface area contributed by atoms with Gasteiger partial charge in [-0.3, -0.25) is 0 Å². The molecule has 1 fully saturated rings. The third-order valence-corrected chi connectivity index (χ3v) is 4.38. The minimum atomic E-state index is 0.0993. The molecule has 2 heteroatoms. The van der Waals surface area contributed by atoms with Gasteiger partial charge in [-0.05, 0) is 42.7 Å². The summed E-state index contributed by atoms with van der Waals surface area (Å²) >= 11 is 0. The number of nitrogens with zero attached hydrogens (tertiary/aromatic N) is 1. The van der Waals surface area contributed by atoms with Crippen LogP contribution < -0.4 is 5.73 Å². The number of rotatable bonds is 8. The highest BCUT2D eigenvalue weighted by Gasteiger charge is 2.32. The van der Waals surface area contributed by atoms with Crippen molar-refractivity contribution in [3.8, 4) is 0 Å². The molecule has 0 amide bonds. The monoisotopic (exact) mass is 274 g/mol. The lowest BCUT2D eigenvalue weighted by Crippen LogP contribution is -2.42. The van der Waals surface area contributed by atoms with Crippen LogP contribution in [0.4, 0.5) is 0 Å². The largest absolute Gasteiger partial charge is 0.323 e. The number of hydrogen-bond acceptors (Lipinski definition) is 2. The second-order valence-electron chi connectivity index (χ2n) is 7.06. The average Bonchev–Trinajstić information content (AvgIpc) is 3.22. The maximum Gasteiger partial charge on any atom is 0.0359 e. The Labute approximate surface area is 124 Å². The van der Waals surface area contributed by atoms with E-state index < -0.39 is 0 Å². The lowest BCUT2D eigenvalue weighted by atomic mass is 9.80. The van der Waals surface area contributed by atoms with Crippen LogP contribution in [-0.2, 0) is 0 Å². The molecule has 20 heavy (non-hydrogen) atoms. The minimum absolute atomic E-state index is 0.0993. The van der Waals surface area contributed by atoms with Gasteiger partial charge in [0.2, 0.25) is 0 Å². The Bertz CT molecular complexity index is 395. The van der Waals surface area contributed by atoms with Crippen molar-refractivity contribution < 1.29 is 0 Å². The molecule has 1 aliphatic carbocycles. The van der Waals surface area contributed by atoms with E-state index in [1.54, 1.807) is 0 Å². The van der Waals surface area contributed by atoms with Gasteiger partial charge in [-0.15, -0.1) is 0 Å². The van der Waals surface area contributed by atoms with Gasteiger partial charge < -0.3 is 10.6 Å².